The van der Waals surface area contributed by atoms with Crippen molar-refractivity contribution in [1.29, 1.82) is 0 Å². The summed E-state index contributed by atoms with van der Waals surface area (Å²) in [6.07, 6.45) is 4.43. The average Bonchev–Trinajstić information content (AvgIpc) is 2.32. The Bertz CT molecular complexity index is 341. The maximum Gasteiger partial charge on any atom is 0.146 e. The highest BCUT2D eigenvalue weighted by Crippen LogP contribution is 2.26. The van der Waals surface area contributed by atoms with Gasteiger partial charge in [0.1, 0.15) is 5.82 Å². The summed E-state index contributed by atoms with van der Waals surface area (Å²) in [5, 5.41) is 3.54. The second-order valence-electron chi connectivity index (χ2n) is 4.25. The van der Waals surface area contributed by atoms with Gasteiger partial charge < -0.3 is 5.32 Å². The summed E-state index contributed by atoms with van der Waals surface area (Å²) in [6, 6.07) is 5.30. The summed E-state index contributed by atoms with van der Waals surface area (Å²) in [7, 11) is 0. The quantitative estimate of drug-likeness (QED) is 0.698. The Kier molecular flexibility index (Phi) is 6.53. The molecule has 96 valence electrons. The highest BCUT2D eigenvalue weighted by atomic mass is 35.5. The van der Waals surface area contributed by atoms with E-state index >= 15 is 0 Å². The van der Waals surface area contributed by atoms with Crippen LogP contribution in [0.1, 0.15) is 51.1 Å². The van der Waals surface area contributed by atoms with Gasteiger partial charge in [0.05, 0.1) is 5.02 Å². The number of hydrogen-bond acceptors (Lipinski definition) is 1. The molecule has 1 rings (SSSR count). The first-order chi connectivity index (χ1) is 8.20. The molecule has 0 fully saturated rings. The number of unbranched alkanes of at least 4 members (excludes halogenated alkanes) is 2. The first-order valence-electron chi connectivity index (χ1n) is 6.38. The summed E-state index contributed by atoms with van der Waals surface area (Å²) >= 11 is 5.82. The zero-order valence-corrected chi connectivity index (χ0v) is 11.4. The predicted octanol–water partition coefficient (Wildman–Crippen LogP) is 4.71. The lowest BCUT2D eigenvalue weighted by molar-refractivity contribution is 0.464. The molecule has 17 heavy (non-hydrogen) atoms. The number of halogens is 2. The largest absolute Gasteiger partial charge is 0.310 e. The molecule has 0 aliphatic carbocycles. The Hall–Kier alpha value is -0.600. The van der Waals surface area contributed by atoms with E-state index in [0.717, 1.165) is 19.4 Å². The van der Waals surface area contributed by atoms with Crippen LogP contribution in [0.3, 0.4) is 0 Å². The van der Waals surface area contributed by atoms with Gasteiger partial charge in [0.2, 0.25) is 0 Å². The fraction of sp³-hybridized carbons (Fsp3) is 0.571. The van der Waals surface area contributed by atoms with Crippen LogP contribution in [0.4, 0.5) is 4.39 Å². The third-order valence-corrected chi connectivity index (χ3v) is 3.20. The third kappa shape index (κ3) is 4.29. The van der Waals surface area contributed by atoms with Crippen LogP contribution in [-0.4, -0.2) is 6.54 Å². The molecular formula is C14H21ClFN. The van der Waals surface area contributed by atoms with Crippen molar-refractivity contribution in [3.8, 4) is 0 Å². The van der Waals surface area contributed by atoms with Gasteiger partial charge in [-0.05, 0) is 19.0 Å². The highest BCUT2D eigenvalue weighted by molar-refractivity contribution is 6.30. The number of hydrogen-bond donors (Lipinski definition) is 1. The van der Waals surface area contributed by atoms with E-state index in [9.17, 15) is 4.39 Å². The Morgan fingerprint density at radius 3 is 2.71 bits per heavy atom. The maximum absolute atomic E-state index is 13.9. The summed E-state index contributed by atoms with van der Waals surface area (Å²) in [4.78, 5) is 0. The van der Waals surface area contributed by atoms with Crippen molar-refractivity contribution in [1.82, 2.24) is 5.32 Å². The minimum atomic E-state index is -0.281. The molecule has 1 aromatic rings. The standard InChI is InChI=1S/C14H21ClFN/c1-3-5-6-10-13(17-4-2)11-8-7-9-12(15)14(11)16/h7-9,13,17H,3-6,10H2,1-2H3. The van der Waals surface area contributed by atoms with Gasteiger partial charge >= 0.3 is 0 Å². The number of rotatable bonds is 7. The molecule has 1 atom stereocenters. The second kappa shape index (κ2) is 7.67. The molecule has 0 saturated carbocycles. The van der Waals surface area contributed by atoms with E-state index in [1.165, 1.54) is 12.8 Å². The molecule has 0 aliphatic heterocycles. The second-order valence-corrected chi connectivity index (χ2v) is 4.66. The molecule has 0 radical (unpaired) electrons. The van der Waals surface area contributed by atoms with Gasteiger partial charge in [0.25, 0.3) is 0 Å². The molecule has 1 N–H and O–H groups in total. The van der Waals surface area contributed by atoms with Crippen LogP contribution in [0.15, 0.2) is 18.2 Å². The number of nitrogens with one attached hydrogen (secondary N) is 1. The molecule has 0 heterocycles. The first-order valence-corrected chi connectivity index (χ1v) is 6.75. The Labute approximate surface area is 108 Å². The Balaban J connectivity index is 2.77. The molecule has 1 nitrogen and oxygen atoms in total. The average molecular weight is 258 g/mol. The fourth-order valence-corrected chi connectivity index (χ4v) is 2.18. The number of benzene rings is 1. The van der Waals surface area contributed by atoms with Crippen molar-refractivity contribution >= 4 is 11.6 Å². The molecular weight excluding hydrogens is 237 g/mol. The van der Waals surface area contributed by atoms with Crippen LogP contribution in [0, 0.1) is 5.82 Å². The smallest absolute Gasteiger partial charge is 0.146 e. The molecule has 3 heteroatoms. The van der Waals surface area contributed by atoms with Crippen LogP contribution in [0.25, 0.3) is 0 Å². The van der Waals surface area contributed by atoms with Crippen molar-refractivity contribution in [2.45, 2.75) is 45.6 Å². The van der Waals surface area contributed by atoms with E-state index in [2.05, 4.69) is 12.2 Å². The summed E-state index contributed by atoms with van der Waals surface area (Å²) in [6.45, 7) is 5.04. The van der Waals surface area contributed by atoms with Crippen molar-refractivity contribution in [3.63, 3.8) is 0 Å². The molecule has 0 aliphatic rings. The highest BCUT2D eigenvalue weighted by Gasteiger charge is 2.15. The lowest BCUT2D eigenvalue weighted by atomic mass is 10.00. The Morgan fingerprint density at radius 2 is 2.06 bits per heavy atom. The van der Waals surface area contributed by atoms with E-state index in [1.807, 2.05) is 19.1 Å². The van der Waals surface area contributed by atoms with Crippen molar-refractivity contribution in [3.05, 3.63) is 34.6 Å². The van der Waals surface area contributed by atoms with Crippen LogP contribution in [0.2, 0.25) is 5.02 Å². The zero-order chi connectivity index (χ0) is 12.7. The molecule has 0 amide bonds. The minimum Gasteiger partial charge on any atom is -0.310 e. The van der Waals surface area contributed by atoms with E-state index in [4.69, 9.17) is 11.6 Å². The van der Waals surface area contributed by atoms with Gasteiger partial charge in [-0.25, -0.2) is 4.39 Å². The molecule has 1 aromatic carbocycles. The minimum absolute atomic E-state index is 0.0743. The van der Waals surface area contributed by atoms with Crippen LogP contribution < -0.4 is 5.32 Å². The lowest BCUT2D eigenvalue weighted by Gasteiger charge is -2.19. The van der Waals surface area contributed by atoms with E-state index in [1.54, 1.807) is 6.07 Å². The van der Waals surface area contributed by atoms with Crippen LogP contribution >= 0.6 is 11.6 Å². The van der Waals surface area contributed by atoms with E-state index < -0.39 is 0 Å². The third-order valence-electron chi connectivity index (χ3n) is 2.90. The maximum atomic E-state index is 13.9. The van der Waals surface area contributed by atoms with Crippen molar-refractivity contribution < 1.29 is 4.39 Å². The van der Waals surface area contributed by atoms with E-state index in [0.29, 0.717) is 5.56 Å². The summed E-state index contributed by atoms with van der Waals surface area (Å²) < 4.78 is 13.9. The molecule has 0 aromatic heterocycles. The normalized spacial score (nSPS) is 12.7. The zero-order valence-electron chi connectivity index (χ0n) is 10.6. The fourth-order valence-electron chi connectivity index (χ4n) is 2.00. The monoisotopic (exact) mass is 257 g/mol. The lowest BCUT2D eigenvalue weighted by Crippen LogP contribution is -2.22. The van der Waals surface area contributed by atoms with Crippen LogP contribution in [-0.2, 0) is 0 Å². The topological polar surface area (TPSA) is 12.0 Å². The molecule has 0 spiro atoms. The van der Waals surface area contributed by atoms with Gasteiger partial charge in [-0.2, -0.15) is 0 Å². The van der Waals surface area contributed by atoms with E-state index in [-0.39, 0.29) is 16.9 Å². The first kappa shape index (κ1) is 14.5. The van der Waals surface area contributed by atoms with Crippen molar-refractivity contribution in [2.24, 2.45) is 0 Å². The summed E-state index contributed by atoms with van der Waals surface area (Å²) in [5.74, 6) is -0.281. The predicted molar refractivity (Wildman–Crippen MR) is 72.0 cm³/mol. The van der Waals surface area contributed by atoms with Gasteiger partial charge in [-0.3, -0.25) is 0 Å². The van der Waals surface area contributed by atoms with Gasteiger partial charge in [0, 0.05) is 11.6 Å². The molecule has 1 unspecified atom stereocenters. The molecule has 0 saturated heterocycles. The van der Waals surface area contributed by atoms with Gasteiger partial charge in [-0.1, -0.05) is 56.8 Å². The Morgan fingerprint density at radius 1 is 1.29 bits per heavy atom. The SMILES string of the molecule is CCCCCC(NCC)c1cccc(Cl)c1F. The van der Waals surface area contributed by atoms with Crippen LogP contribution in [0.5, 0.6) is 0 Å². The van der Waals surface area contributed by atoms with Gasteiger partial charge in [-0.15, -0.1) is 0 Å². The summed E-state index contributed by atoms with van der Waals surface area (Å²) in [5.41, 5.74) is 0.690. The molecule has 0 bridgehead atoms. The van der Waals surface area contributed by atoms with Crippen molar-refractivity contribution in [2.75, 3.05) is 6.54 Å². The van der Waals surface area contributed by atoms with Gasteiger partial charge in [0.15, 0.2) is 0 Å².